The van der Waals surface area contributed by atoms with Gasteiger partial charge in [-0.05, 0) is 23.5 Å². The molecule has 1 saturated heterocycles. The summed E-state index contributed by atoms with van der Waals surface area (Å²) in [6.07, 6.45) is 0.659. The number of carbonyl (C=O) groups is 2. The molecule has 1 heterocycles. The van der Waals surface area contributed by atoms with Gasteiger partial charge in [0.15, 0.2) is 0 Å². The van der Waals surface area contributed by atoms with Crippen LogP contribution in [0.3, 0.4) is 0 Å². The second-order valence-corrected chi connectivity index (χ2v) is 6.95. The van der Waals surface area contributed by atoms with Crippen molar-refractivity contribution in [1.29, 1.82) is 0 Å². The Balaban J connectivity index is 1.91. The van der Waals surface area contributed by atoms with Crippen LogP contribution < -0.4 is 5.32 Å². The zero-order chi connectivity index (χ0) is 17.8. The Morgan fingerprint density at radius 1 is 0.960 bits per heavy atom. The Bertz CT molecular complexity index is 728. The molecule has 0 bridgehead atoms. The number of nitrogens with zero attached hydrogens (tertiary/aromatic N) is 1. The van der Waals surface area contributed by atoms with Gasteiger partial charge in [0.2, 0.25) is 5.91 Å². The van der Waals surface area contributed by atoms with Gasteiger partial charge in [0.1, 0.15) is 12.1 Å². The smallest absolute Gasteiger partial charge is 0.250 e. The molecule has 0 aromatic heterocycles. The Hall–Kier alpha value is -2.62. The van der Waals surface area contributed by atoms with E-state index in [2.05, 4.69) is 19.2 Å². The molecule has 1 N–H and O–H groups in total. The highest BCUT2D eigenvalue weighted by molar-refractivity contribution is 5.97. The molecule has 1 aliphatic rings. The van der Waals surface area contributed by atoms with Crippen LogP contribution in [0.15, 0.2) is 60.7 Å². The van der Waals surface area contributed by atoms with Crippen LogP contribution in [-0.4, -0.2) is 22.8 Å². The first-order valence-corrected chi connectivity index (χ1v) is 8.76. The average molecular weight is 336 g/mol. The van der Waals surface area contributed by atoms with Gasteiger partial charge in [-0.25, -0.2) is 0 Å². The summed E-state index contributed by atoms with van der Waals surface area (Å²) in [7, 11) is 0. The summed E-state index contributed by atoms with van der Waals surface area (Å²) in [5.74, 6) is 0.216. The van der Waals surface area contributed by atoms with E-state index in [1.807, 2.05) is 60.7 Å². The topological polar surface area (TPSA) is 49.4 Å². The molecule has 4 heteroatoms. The van der Waals surface area contributed by atoms with E-state index in [4.69, 9.17) is 0 Å². The van der Waals surface area contributed by atoms with Gasteiger partial charge in [-0.1, -0.05) is 74.5 Å². The van der Waals surface area contributed by atoms with Gasteiger partial charge >= 0.3 is 0 Å². The molecule has 0 spiro atoms. The second-order valence-electron chi connectivity index (χ2n) is 6.95. The molecule has 2 unspecified atom stereocenters. The molecule has 25 heavy (non-hydrogen) atoms. The van der Waals surface area contributed by atoms with Gasteiger partial charge in [0.25, 0.3) is 5.91 Å². The van der Waals surface area contributed by atoms with Gasteiger partial charge in [0, 0.05) is 6.54 Å². The Morgan fingerprint density at radius 2 is 1.56 bits per heavy atom. The Kier molecular flexibility index (Phi) is 5.17. The van der Waals surface area contributed by atoms with Crippen molar-refractivity contribution < 1.29 is 9.59 Å². The third-order valence-electron chi connectivity index (χ3n) is 4.52. The standard InChI is InChI=1S/C21H24N2O2/c1-15(2)13-18-20(24)22-19(17-11-7-4-8-12-17)21(25)23(18)14-16-9-5-3-6-10-16/h3-12,15,18-19H,13-14H2,1-2H3,(H,22,24). The molecule has 1 fully saturated rings. The maximum Gasteiger partial charge on any atom is 0.250 e. The average Bonchev–Trinajstić information content (AvgIpc) is 2.62. The second kappa shape index (κ2) is 7.51. The zero-order valence-corrected chi connectivity index (χ0v) is 14.7. The van der Waals surface area contributed by atoms with Gasteiger partial charge in [-0.2, -0.15) is 0 Å². The first kappa shape index (κ1) is 17.2. The molecular weight excluding hydrogens is 312 g/mol. The number of piperazine rings is 1. The molecule has 0 radical (unpaired) electrons. The molecule has 130 valence electrons. The number of benzene rings is 2. The molecule has 2 atom stereocenters. The number of carbonyl (C=O) groups excluding carboxylic acids is 2. The quantitative estimate of drug-likeness (QED) is 0.911. The molecule has 0 saturated carbocycles. The number of hydrogen-bond acceptors (Lipinski definition) is 2. The molecule has 2 aromatic rings. The Morgan fingerprint density at radius 3 is 2.16 bits per heavy atom. The lowest BCUT2D eigenvalue weighted by Crippen LogP contribution is -2.59. The summed E-state index contributed by atoms with van der Waals surface area (Å²) in [6.45, 7) is 4.59. The van der Waals surface area contributed by atoms with Crippen molar-refractivity contribution in [3.63, 3.8) is 0 Å². The molecule has 4 nitrogen and oxygen atoms in total. The minimum absolute atomic E-state index is 0.0414. The van der Waals surface area contributed by atoms with Crippen molar-refractivity contribution in [1.82, 2.24) is 10.2 Å². The zero-order valence-electron chi connectivity index (χ0n) is 14.7. The van der Waals surface area contributed by atoms with Crippen LogP contribution >= 0.6 is 0 Å². The maximum atomic E-state index is 13.2. The van der Waals surface area contributed by atoms with Gasteiger partial charge in [-0.3, -0.25) is 9.59 Å². The SMILES string of the molecule is CC(C)CC1C(=O)NC(c2ccccc2)C(=O)N1Cc1ccccc1. The summed E-state index contributed by atoms with van der Waals surface area (Å²) in [6, 6.07) is 18.2. The largest absolute Gasteiger partial charge is 0.339 e. The van der Waals surface area contributed by atoms with Crippen LogP contribution in [0.2, 0.25) is 0 Å². The highest BCUT2D eigenvalue weighted by Crippen LogP contribution is 2.26. The van der Waals surface area contributed by atoms with E-state index in [-0.39, 0.29) is 11.8 Å². The number of nitrogens with one attached hydrogen (secondary N) is 1. The summed E-state index contributed by atoms with van der Waals surface area (Å²) in [5.41, 5.74) is 1.85. The van der Waals surface area contributed by atoms with Crippen molar-refractivity contribution in [3.05, 3.63) is 71.8 Å². The molecule has 0 aliphatic carbocycles. The molecule has 2 aromatic carbocycles. The fourth-order valence-corrected chi connectivity index (χ4v) is 3.28. The maximum absolute atomic E-state index is 13.2. The highest BCUT2D eigenvalue weighted by atomic mass is 16.2. The number of amides is 2. The van der Waals surface area contributed by atoms with E-state index in [0.29, 0.717) is 18.9 Å². The summed E-state index contributed by atoms with van der Waals surface area (Å²) >= 11 is 0. The minimum atomic E-state index is -0.610. The summed E-state index contributed by atoms with van der Waals surface area (Å²) in [4.78, 5) is 27.7. The third kappa shape index (κ3) is 3.90. The predicted molar refractivity (Wildman–Crippen MR) is 97.6 cm³/mol. The Labute approximate surface area is 148 Å². The van der Waals surface area contributed by atoms with E-state index >= 15 is 0 Å². The van der Waals surface area contributed by atoms with Crippen molar-refractivity contribution >= 4 is 11.8 Å². The van der Waals surface area contributed by atoms with E-state index in [9.17, 15) is 9.59 Å². The third-order valence-corrected chi connectivity index (χ3v) is 4.52. The van der Waals surface area contributed by atoms with Crippen LogP contribution in [0, 0.1) is 5.92 Å². The fraction of sp³-hybridized carbons (Fsp3) is 0.333. The van der Waals surface area contributed by atoms with Crippen molar-refractivity contribution in [2.75, 3.05) is 0 Å². The summed E-state index contributed by atoms with van der Waals surface area (Å²) < 4.78 is 0. The van der Waals surface area contributed by atoms with Crippen molar-refractivity contribution in [3.8, 4) is 0 Å². The lowest BCUT2D eigenvalue weighted by atomic mass is 9.94. The first-order valence-electron chi connectivity index (χ1n) is 8.76. The van der Waals surface area contributed by atoms with Crippen molar-refractivity contribution in [2.24, 2.45) is 5.92 Å². The summed E-state index contributed by atoms with van der Waals surface area (Å²) in [5, 5.41) is 2.92. The lowest BCUT2D eigenvalue weighted by molar-refractivity contribution is -0.151. The minimum Gasteiger partial charge on any atom is -0.339 e. The molecular formula is C21H24N2O2. The normalized spacial score (nSPS) is 20.7. The van der Waals surface area contributed by atoms with Crippen LogP contribution in [0.25, 0.3) is 0 Å². The van der Waals surface area contributed by atoms with Gasteiger partial charge < -0.3 is 10.2 Å². The van der Waals surface area contributed by atoms with Crippen LogP contribution in [0.1, 0.15) is 37.4 Å². The van der Waals surface area contributed by atoms with Crippen LogP contribution in [0.5, 0.6) is 0 Å². The molecule has 3 rings (SSSR count). The monoisotopic (exact) mass is 336 g/mol. The predicted octanol–water partition coefficient (Wildman–Crippen LogP) is 3.30. The molecule has 2 amide bonds. The van der Waals surface area contributed by atoms with Gasteiger partial charge in [0.05, 0.1) is 0 Å². The van der Waals surface area contributed by atoms with Crippen LogP contribution in [-0.2, 0) is 16.1 Å². The van der Waals surface area contributed by atoms with E-state index in [1.54, 1.807) is 4.90 Å². The van der Waals surface area contributed by atoms with E-state index < -0.39 is 12.1 Å². The number of hydrogen-bond donors (Lipinski definition) is 1. The van der Waals surface area contributed by atoms with E-state index in [1.165, 1.54) is 0 Å². The number of rotatable bonds is 5. The molecule has 1 aliphatic heterocycles. The van der Waals surface area contributed by atoms with Crippen molar-refractivity contribution in [2.45, 2.75) is 38.9 Å². The van der Waals surface area contributed by atoms with Crippen LogP contribution in [0.4, 0.5) is 0 Å². The highest BCUT2D eigenvalue weighted by Gasteiger charge is 2.41. The lowest BCUT2D eigenvalue weighted by Gasteiger charge is -2.40. The fourth-order valence-electron chi connectivity index (χ4n) is 3.28. The van der Waals surface area contributed by atoms with Gasteiger partial charge in [-0.15, -0.1) is 0 Å². The first-order chi connectivity index (χ1) is 12.1. The van der Waals surface area contributed by atoms with E-state index in [0.717, 1.165) is 11.1 Å².